The molecule has 0 saturated heterocycles. The molecule has 0 saturated carbocycles. The number of carbonyl (C=O) groups is 1. The number of carboxylic acid groups (broad SMARTS) is 1. The summed E-state index contributed by atoms with van der Waals surface area (Å²) in [6, 6.07) is 7.40. The molecule has 0 amide bonds. The van der Waals surface area contributed by atoms with E-state index < -0.39 is 5.97 Å². The normalized spacial score (nSPS) is 10.9. The van der Waals surface area contributed by atoms with Gasteiger partial charge in [0, 0.05) is 30.1 Å². The van der Waals surface area contributed by atoms with Crippen LogP contribution in [0.2, 0.25) is 0 Å². The molecule has 2 rings (SSSR count). The first-order valence-electron chi connectivity index (χ1n) is 6.09. The summed E-state index contributed by atoms with van der Waals surface area (Å²) in [4.78, 5) is 17.4. The smallest absolute Gasteiger partial charge is 0.337 e. The Balaban J connectivity index is 2.36. The number of nitrogens with one attached hydrogen (secondary N) is 1. The number of benzene rings is 1. The molecule has 0 aliphatic heterocycles. The molecule has 5 heteroatoms. The first kappa shape index (κ1) is 13.3. The lowest BCUT2D eigenvalue weighted by atomic mass is 10.1. The summed E-state index contributed by atoms with van der Waals surface area (Å²) in [7, 11) is 4.00. The van der Waals surface area contributed by atoms with Crippen molar-refractivity contribution in [2.45, 2.75) is 0 Å². The lowest BCUT2D eigenvalue weighted by molar-refractivity contribution is 0.0698. The molecule has 0 aliphatic carbocycles. The van der Waals surface area contributed by atoms with Crippen molar-refractivity contribution >= 4 is 22.6 Å². The van der Waals surface area contributed by atoms with Crippen LogP contribution < -0.4 is 5.32 Å². The summed E-state index contributed by atoms with van der Waals surface area (Å²) in [6.07, 6.45) is 1.41. The quantitative estimate of drug-likeness (QED) is 0.858. The predicted octanol–water partition coefficient (Wildman–Crippen LogP) is 1.91. The Morgan fingerprint density at radius 2 is 2.00 bits per heavy atom. The van der Waals surface area contributed by atoms with E-state index in [-0.39, 0.29) is 5.56 Å². The first-order valence-corrected chi connectivity index (χ1v) is 6.09. The zero-order valence-electron chi connectivity index (χ0n) is 11.1. The van der Waals surface area contributed by atoms with Crippen LogP contribution in [-0.4, -0.2) is 48.1 Å². The van der Waals surface area contributed by atoms with Crippen LogP contribution in [0.5, 0.6) is 0 Å². The molecule has 2 aromatic rings. The number of hydrogen-bond acceptors (Lipinski definition) is 4. The van der Waals surface area contributed by atoms with E-state index in [1.54, 1.807) is 6.07 Å². The van der Waals surface area contributed by atoms with Crippen LogP contribution in [0.4, 0.5) is 5.82 Å². The fourth-order valence-corrected chi connectivity index (χ4v) is 1.90. The van der Waals surface area contributed by atoms with Gasteiger partial charge in [0.05, 0.1) is 5.56 Å². The van der Waals surface area contributed by atoms with Crippen LogP contribution in [0.1, 0.15) is 10.4 Å². The summed E-state index contributed by atoms with van der Waals surface area (Å²) in [5, 5.41) is 13.9. The number of fused-ring (bicyclic) bond motifs is 1. The molecular formula is C14H17N3O2. The van der Waals surface area contributed by atoms with Gasteiger partial charge in [0.1, 0.15) is 5.82 Å². The maximum absolute atomic E-state index is 11.2. The van der Waals surface area contributed by atoms with Crippen LogP contribution in [0.25, 0.3) is 10.8 Å². The Kier molecular flexibility index (Phi) is 3.97. The van der Waals surface area contributed by atoms with Crippen molar-refractivity contribution < 1.29 is 9.90 Å². The van der Waals surface area contributed by atoms with Crippen molar-refractivity contribution in [3.8, 4) is 0 Å². The summed E-state index contributed by atoms with van der Waals surface area (Å²) in [6.45, 7) is 1.65. The third kappa shape index (κ3) is 3.00. The van der Waals surface area contributed by atoms with E-state index in [2.05, 4.69) is 15.2 Å². The van der Waals surface area contributed by atoms with Gasteiger partial charge in [-0.15, -0.1) is 0 Å². The van der Waals surface area contributed by atoms with Crippen molar-refractivity contribution in [3.63, 3.8) is 0 Å². The molecule has 0 bridgehead atoms. The van der Waals surface area contributed by atoms with E-state index >= 15 is 0 Å². The highest BCUT2D eigenvalue weighted by molar-refractivity contribution is 6.06. The Morgan fingerprint density at radius 3 is 2.63 bits per heavy atom. The highest BCUT2D eigenvalue weighted by Gasteiger charge is 2.11. The second-order valence-electron chi connectivity index (χ2n) is 4.60. The van der Waals surface area contributed by atoms with E-state index in [4.69, 9.17) is 5.11 Å². The van der Waals surface area contributed by atoms with Gasteiger partial charge in [-0.25, -0.2) is 9.78 Å². The SMILES string of the molecule is CN(C)CCNc1ncc(C(=O)O)c2ccccc12. The second-order valence-corrected chi connectivity index (χ2v) is 4.60. The van der Waals surface area contributed by atoms with Crippen LogP contribution in [0.15, 0.2) is 30.5 Å². The molecule has 0 aliphatic rings. The van der Waals surface area contributed by atoms with E-state index in [9.17, 15) is 4.79 Å². The third-order valence-corrected chi connectivity index (χ3v) is 2.88. The van der Waals surface area contributed by atoms with Gasteiger partial charge in [-0.05, 0) is 14.1 Å². The lowest BCUT2D eigenvalue weighted by Gasteiger charge is -2.13. The monoisotopic (exact) mass is 259 g/mol. The fraction of sp³-hybridized carbons (Fsp3) is 0.286. The molecule has 0 radical (unpaired) electrons. The van der Waals surface area contributed by atoms with Crippen LogP contribution in [-0.2, 0) is 0 Å². The molecule has 0 atom stereocenters. The maximum Gasteiger partial charge on any atom is 0.337 e. The van der Waals surface area contributed by atoms with Gasteiger partial charge in [0.25, 0.3) is 0 Å². The van der Waals surface area contributed by atoms with Gasteiger partial charge < -0.3 is 15.3 Å². The van der Waals surface area contributed by atoms with Crippen molar-refractivity contribution in [2.75, 3.05) is 32.5 Å². The van der Waals surface area contributed by atoms with Gasteiger partial charge in [0.2, 0.25) is 0 Å². The topological polar surface area (TPSA) is 65.5 Å². The van der Waals surface area contributed by atoms with Gasteiger partial charge in [0.15, 0.2) is 0 Å². The van der Waals surface area contributed by atoms with Crippen molar-refractivity contribution in [3.05, 3.63) is 36.0 Å². The second kappa shape index (κ2) is 5.67. The van der Waals surface area contributed by atoms with Gasteiger partial charge in [-0.3, -0.25) is 0 Å². The third-order valence-electron chi connectivity index (χ3n) is 2.88. The molecular weight excluding hydrogens is 242 g/mol. The number of pyridine rings is 1. The molecule has 5 nitrogen and oxygen atoms in total. The average Bonchev–Trinajstić information content (AvgIpc) is 2.38. The number of aromatic carboxylic acids is 1. The van der Waals surface area contributed by atoms with Crippen molar-refractivity contribution in [2.24, 2.45) is 0 Å². The number of likely N-dealkylation sites (N-methyl/N-ethyl adjacent to an activating group) is 1. The van der Waals surface area contributed by atoms with E-state index in [1.165, 1.54) is 6.20 Å². The zero-order chi connectivity index (χ0) is 13.8. The van der Waals surface area contributed by atoms with Crippen LogP contribution in [0.3, 0.4) is 0 Å². The summed E-state index contributed by atoms with van der Waals surface area (Å²) in [5.74, 6) is -0.231. The Labute approximate surface area is 111 Å². The first-order chi connectivity index (χ1) is 9.09. The molecule has 2 N–H and O–H groups in total. The van der Waals surface area contributed by atoms with E-state index in [1.807, 2.05) is 32.3 Å². The molecule has 0 fully saturated rings. The minimum atomic E-state index is -0.955. The molecule has 1 aromatic heterocycles. The molecule has 1 heterocycles. The number of nitrogens with zero attached hydrogens (tertiary/aromatic N) is 2. The predicted molar refractivity (Wildman–Crippen MR) is 75.7 cm³/mol. The Bertz CT molecular complexity index is 596. The molecule has 0 spiro atoms. The lowest BCUT2D eigenvalue weighted by Crippen LogP contribution is -2.21. The Hall–Kier alpha value is -2.14. The number of aromatic nitrogens is 1. The number of anilines is 1. The number of rotatable bonds is 5. The highest BCUT2D eigenvalue weighted by Crippen LogP contribution is 2.24. The average molecular weight is 259 g/mol. The molecule has 0 unspecified atom stereocenters. The van der Waals surface area contributed by atoms with Gasteiger partial charge in [-0.1, -0.05) is 24.3 Å². The maximum atomic E-state index is 11.2. The molecule has 1 aromatic carbocycles. The summed E-state index contributed by atoms with van der Waals surface area (Å²) < 4.78 is 0. The summed E-state index contributed by atoms with van der Waals surface area (Å²) in [5.41, 5.74) is 0.230. The van der Waals surface area contributed by atoms with E-state index in [0.717, 1.165) is 24.3 Å². The summed E-state index contributed by atoms with van der Waals surface area (Å²) >= 11 is 0. The van der Waals surface area contributed by atoms with Gasteiger partial charge >= 0.3 is 5.97 Å². The Morgan fingerprint density at radius 1 is 1.32 bits per heavy atom. The number of hydrogen-bond donors (Lipinski definition) is 2. The molecule has 19 heavy (non-hydrogen) atoms. The highest BCUT2D eigenvalue weighted by atomic mass is 16.4. The molecule has 100 valence electrons. The van der Waals surface area contributed by atoms with E-state index in [0.29, 0.717) is 5.39 Å². The standard InChI is InChI=1S/C14H17N3O2/c1-17(2)8-7-15-13-11-6-4-3-5-10(11)12(9-16-13)14(18)19/h3-6,9H,7-8H2,1-2H3,(H,15,16)(H,18,19). The largest absolute Gasteiger partial charge is 0.478 e. The fourth-order valence-electron chi connectivity index (χ4n) is 1.90. The van der Waals surface area contributed by atoms with Crippen molar-refractivity contribution in [1.29, 1.82) is 0 Å². The number of carboxylic acids is 1. The zero-order valence-corrected chi connectivity index (χ0v) is 11.1. The van der Waals surface area contributed by atoms with Crippen molar-refractivity contribution in [1.82, 2.24) is 9.88 Å². The minimum absolute atomic E-state index is 0.230. The van der Waals surface area contributed by atoms with Crippen LogP contribution in [0, 0.1) is 0 Å². The minimum Gasteiger partial charge on any atom is -0.478 e. The van der Waals surface area contributed by atoms with Gasteiger partial charge in [-0.2, -0.15) is 0 Å². The van der Waals surface area contributed by atoms with Crippen LogP contribution >= 0.6 is 0 Å².